The Labute approximate surface area is 175 Å². The van der Waals surface area contributed by atoms with Gasteiger partial charge >= 0.3 is 0 Å². The van der Waals surface area contributed by atoms with Crippen LogP contribution in [0.3, 0.4) is 0 Å². The summed E-state index contributed by atoms with van der Waals surface area (Å²) in [5, 5.41) is 6.61. The fourth-order valence-electron chi connectivity index (χ4n) is 2.98. The zero-order valence-electron chi connectivity index (χ0n) is 16.8. The number of hydrogen-bond donors (Lipinski definition) is 2. The quantitative estimate of drug-likeness (QED) is 0.419. The summed E-state index contributed by atoms with van der Waals surface area (Å²) in [5.74, 6) is 2.73. The van der Waals surface area contributed by atoms with Crippen LogP contribution in [-0.4, -0.2) is 24.2 Å². The summed E-state index contributed by atoms with van der Waals surface area (Å²) in [6, 6.07) is 27.3. The lowest BCUT2D eigenvalue weighted by Gasteiger charge is -2.12. The van der Waals surface area contributed by atoms with Gasteiger partial charge in [-0.25, -0.2) is 4.98 Å². The van der Waals surface area contributed by atoms with Gasteiger partial charge in [0, 0.05) is 29.1 Å². The SMILES string of the molecule is COc1ccc(Nc2cc(-c3ccccc3)nc(Nc3cccc(OC)c3)n2)cc1. The molecule has 0 amide bonds. The van der Waals surface area contributed by atoms with Gasteiger partial charge in [-0.2, -0.15) is 4.98 Å². The van der Waals surface area contributed by atoms with Crippen molar-refractivity contribution in [2.45, 2.75) is 0 Å². The van der Waals surface area contributed by atoms with Crippen molar-refractivity contribution in [1.82, 2.24) is 9.97 Å². The average molecular weight is 398 g/mol. The predicted octanol–water partition coefficient (Wildman–Crippen LogP) is 5.65. The summed E-state index contributed by atoms with van der Waals surface area (Å²) in [4.78, 5) is 9.34. The third kappa shape index (κ3) is 4.67. The highest BCUT2D eigenvalue weighted by molar-refractivity contribution is 5.69. The molecule has 1 heterocycles. The van der Waals surface area contributed by atoms with E-state index in [2.05, 4.69) is 15.6 Å². The summed E-state index contributed by atoms with van der Waals surface area (Å²) in [7, 11) is 3.29. The van der Waals surface area contributed by atoms with Crippen molar-refractivity contribution in [2.24, 2.45) is 0 Å². The lowest BCUT2D eigenvalue weighted by atomic mass is 10.1. The molecule has 0 aliphatic carbocycles. The molecule has 150 valence electrons. The van der Waals surface area contributed by atoms with E-state index >= 15 is 0 Å². The van der Waals surface area contributed by atoms with Crippen LogP contribution in [0.15, 0.2) is 84.9 Å². The Balaban J connectivity index is 1.68. The molecular formula is C24H22N4O2. The number of ether oxygens (including phenoxy) is 2. The number of rotatable bonds is 7. The van der Waals surface area contributed by atoms with Crippen molar-refractivity contribution in [1.29, 1.82) is 0 Å². The van der Waals surface area contributed by atoms with Gasteiger partial charge in [0.2, 0.25) is 5.95 Å². The Bertz CT molecular complexity index is 1120. The number of anilines is 4. The van der Waals surface area contributed by atoms with Crippen molar-refractivity contribution in [3.8, 4) is 22.8 Å². The second-order valence-electron chi connectivity index (χ2n) is 6.54. The van der Waals surface area contributed by atoms with Crippen molar-refractivity contribution >= 4 is 23.1 Å². The molecule has 4 rings (SSSR count). The highest BCUT2D eigenvalue weighted by Gasteiger charge is 2.08. The summed E-state index contributed by atoms with van der Waals surface area (Å²) in [5.41, 5.74) is 3.56. The lowest BCUT2D eigenvalue weighted by molar-refractivity contribution is 0.415. The molecule has 6 nitrogen and oxygen atoms in total. The third-order valence-electron chi connectivity index (χ3n) is 4.48. The molecule has 1 aromatic heterocycles. The van der Waals surface area contributed by atoms with Gasteiger partial charge in [-0.15, -0.1) is 0 Å². The molecule has 0 unspecified atom stereocenters. The summed E-state index contributed by atoms with van der Waals surface area (Å²) in [6.45, 7) is 0. The van der Waals surface area contributed by atoms with Gasteiger partial charge in [-0.05, 0) is 36.4 Å². The first-order valence-corrected chi connectivity index (χ1v) is 9.50. The van der Waals surface area contributed by atoms with Gasteiger partial charge < -0.3 is 20.1 Å². The standard InChI is InChI=1S/C24H22N4O2/c1-29-20-13-11-18(12-14-20)25-23-16-22(17-7-4-3-5-8-17)27-24(28-23)26-19-9-6-10-21(15-19)30-2/h3-16H,1-2H3,(H2,25,26,27,28). The summed E-state index contributed by atoms with van der Waals surface area (Å²) < 4.78 is 10.5. The van der Waals surface area contributed by atoms with Gasteiger partial charge in [-0.3, -0.25) is 0 Å². The number of benzene rings is 3. The number of aromatic nitrogens is 2. The topological polar surface area (TPSA) is 68.3 Å². The van der Waals surface area contributed by atoms with Crippen LogP contribution in [0, 0.1) is 0 Å². The molecular weight excluding hydrogens is 376 g/mol. The van der Waals surface area contributed by atoms with E-state index in [1.165, 1.54) is 0 Å². The molecule has 2 N–H and O–H groups in total. The minimum absolute atomic E-state index is 0.487. The van der Waals surface area contributed by atoms with Crippen molar-refractivity contribution in [3.63, 3.8) is 0 Å². The monoisotopic (exact) mass is 398 g/mol. The Morgan fingerprint density at radius 2 is 1.40 bits per heavy atom. The largest absolute Gasteiger partial charge is 0.497 e. The van der Waals surface area contributed by atoms with Gasteiger partial charge in [0.25, 0.3) is 0 Å². The maximum atomic E-state index is 5.30. The van der Waals surface area contributed by atoms with Crippen LogP contribution in [0.2, 0.25) is 0 Å². The first kappa shape index (κ1) is 19.3. The van der Waals surface area contributed by atoms with Crippen molar-refractivity contribution in [2.75, 3.05) is 24.9 Å². The van der Waals surface area contributed by atoms with E-state index in [9.17, 15) is 0 Å². The van der Waals surface area contributed by atoms with E-state index in [-0.39, 0.29) is 0 Å². The fourth-order valence-corrected chi connectivity index (χ4v) is 2.98. The van der Waals surface area contributed by atoms with E-state index in [1.54, 1.807) is 14.2 Å². The first-order valence-electron chi connectivity index (χ1n) is 9.50. The number of hydrogen-bond acceptors (Lipinski definition) is 6. The van der Waals surface area contributed by atoms with Crippen LogP contribution < -0.4 is 20.1 Å². The minimum atomic E-state index is 0.487. The fraction of sp³-hybridized carbons (Fsp3) is 0.0833. The van der Waals surface area contributed by atoms with E-state index in [0.29, 0.717) is 11.8 Å². The first-order chi connectivity index (χ1) is 14.7. The van der Waals surface area contributed by atoms with Crippen molar-refractivity contribution < 1.29 is 9.47 Å². The van der Waals surface area contributed by atoms with Gasteiger partial charge in [0.15, 0.2) is 0 Å². The maximum Gasteiger partial charge on any atom is 0.229 e. The smallest absolute Gasteiger partial charge is 0.229 e. The second kappa shape index (κ2) is 8.96. The van der Waals surface area contributed by atoms with E-state index in [1.807, 2.05) is 84.9 Å². The molecule has 0 aliphatic rings. The molecule has 0 atom stereocenters. The zero-order valence-corrected chi connectivity index (χ0v) is 16.8. The molecule has 0 bridgehead atoms. The van der Waals surface area contributed by atoms with E-state index < -0.39 is 0 Å². The number of nitrogens with one attached hydrogen (secondary N) is 2. The highest BCUT2D eigenvalue weighted by Crippen LogP contribution is 2.26. The third-order valence-corrected chi connectivity index (χ3v) is 4.48. The molecule has 0 saturated heterocycles. The molecule has 4 aromatic rings. The van der Waals surface area contributed by atoms with Crippen molar-refractivity contribution in [3.05, 3.63) is 84.9 Å². The Morgan fingerprint density at radius 3 is 2.13 bits per heavy atom. The van der Waals surface area contributed by atoms with E-state index in [4.69, 9.17) is 14.5 Å². The van der Waals surface area contributed by atoms with Crippen LogP contribution in [0.5, 0.6) is 11.5 Å². The average Bonchev–Trinajstić information content (AvgIpc) is 2.80. The van der Waals surface area contributed by atoms with Crippen LogP contribution >= 0.6 is 0 Å². The maximum absolute atomic E-state index is 5.30. The van der Waals surface area contributed by atoms with Gasteiger partial charge in [0.05, 0.1) is 19.9 Å². The predicted molar refractivity (Wildman–Crippen MR) is 120 cm³/mol. The molecule has 0 spiro atoms. The molecule has 0 fully saturated rings. The Kier molecular flexibility index (Phi) is 5.75. The number of methoxy groups -OCH3 is 2. The summed E-state index contributed by atoms with van der Waals surface area (Å²) >= 11 is 0. The zero-order chi connectivity index (χ0) is 20.8. The van der Waals surface area contributed by atoms with Crippen LogP contribution in [-0.2, 0) is 0 Å². The van der Waals surface area contributed by atoms with Gasteiger partial charge in [0.1, 0.15) is 17.3 Å². The highest BCUT2D eigenvalue weighted by atomic mass is 16.5. The molecule has 0 radical (unpaired) electrons. The van der Waals surface area contributed by atoms with Crippen LogP contribution in [0.25, 0.3) is 11.3 Å². The molecule has 0 aliphatic heterocycles. The van der Waals surface area contributed by atoms with Crippen LogP contribution in [0.4, 0.5) is 23.1 Å². The van der Waals surface area contributed by atoms with Crippen LogP contribution in [0.1, 0.15) is 0 Å². The minimum Gasteiger partial charge on any atom is -0.497 e. The summed E-state index contributed by atoms with van der Waals surface area (Å²) in [6.07, 6.45) is 0. The molecule has 0 saturated carbocycles. The number of nitrogens with zero attached hydrogens (tertiary/aromatic N) is 2. The Morgan fingerprint density at radius 1 is 0.633 bits per heavy atom. The molecule has 30 heavy (non-hydrogen) atoms. The molecule has 3 aromatic carbocycles. The lowest BCUT2D eigenvalue weighted by Crippen LogP contribution is -2.02. The van der Waals surface area contributed by atoms with E-state index in [0.717, 1.165) is 34.1 Å². The normalized spacial score (nSPS) is 10.3. The molecule has 6 heteroatoms. The second-order valence-corrected chi connectivity index (χ2v) is 6.54. The van der Waals surface area contributed by atoms with Gasteiger partial charge in [-0.1, -0.05) is 36.4 Å². The Hall–Kier alpha value is -4.06.